The second kappa shape index (κ2) is 6.42. The van der Waals surface area contributed by atoms with E-state index in [1.807, 2.05) is 13.8 Å². The van der Waals surface area contributed by atoms with Crippen LogP contribution in [0.4, 0.5) is 0 Å². The number of ether oxygens (including phenoxy) is 1. The Labute approximate surface area is 101 Å². The minimum Gasteiger partial charge on any atom is -0.475 e. The molecule has 1 heterocycles. The molecular formula is C12H19NO4. The van der Waals surface area contributed by atoms with Crippen molar-refractivity contribution in [2.75, 3.05) is 26.8 Å². The number of hydrogen-bond donors (Lipinski definition) is 1. The molecule has 1 atom stereocenters. The average molecular weight is 241 g/mol. The molecule has 5 nitrogen and oxygen atoms in total. The molecule has 0 saturated carbocycles. The second-order valence-corrected chi connectivity index (χ2v) is 3.80. The maximum absolute atomic E-state index is 10.7. The van der Waals surface area contributed by atoms with E-state index < -0.39 is 5.97 Å². The molecule has 0 amide bonds. The average Bonchev–Trinajstić information content (AvgIpc) is 2.79. The zero-order valence-corrected chi connectivity index (χ0v) is 10.5. The molecule has 0 spiro atoms. The third-order valence-electron chi connectivity index (χ3n) is 2.79. The van der Waals surface area contributed by atoms with Crippen LogP contribution in [-0.4, -0.2) is 42.8 Å². The molecule has 0 radical (unpaired) electrons. The summed E-state index contributed by atoms with van der Waals surface area (Å²) in [5.74, 6) is -0.390. The summed E-state index contributed by atoms with van der Waals surface area (Å²) < 4.78 is 10.3. The molecule has 1 aromatic heterocycles. The molecule has 1 unspecified atom stereocenters. The number of furan rings is 1. The lowest BCUT2D eigenvalue weighted by Gasteiger charge is -2.25. The van der Waals surface area contributed by atoms with Crippen molar-refractivity contribution in [3.63, 3.8) is 0 Å². The van der Waals surface area contributed by atoms with Crippen molar-refractivity contribution in [1.82, 2.24) is 4.90 Å². The normalized spacial score (nSPS) is 12.9. The molecule has 0 fully saturated rings. The lowest BCUT2D eigenvalue weighted by molar-refractivity contribution is 0.0653. The fraction of sp³-hybridized carbons (Fsp3) is 0.583. The van der Waals surface area contributed by atoms with Crippen LogP contribution in [0.3, 0.4) is 0 Å². The van der Waals surface area contributed by atoms with Gasteiger partial charge in [-0.2, -0.15) is 0 Å². The highest BCUT2D eigenvalue weighted by Crippen LogP contribution is 2.22. The van der Waals surface area contributed by atoms with Gasteiger partial charge in [0.25, 0.3) is 0 Å². The lowest BCUT2D eigenvalue weighted by atomic mass is 10.2. The van der Waals surface area contributed by atoms with E-state index in [1.165, 1.54) is 6.07 Å². The second-order valence-electron chi connectivity index (χ2n) is 3.80. The molecule has 0 aliphatic heterocycles. The van der Waals surface area contributed by atoms with Crippen molar-refractivity contribution in [3.05, 3.63) is 23.7 Å². The Hall–Kier alpha value is -1.33. The largest absolute Gasteiger partial charge is 0.475 e. The molecule has 1 aromatic rings. The molecule has 5 heteroatoms. The number of nitrogens with zero attached hydrogens (tertiary/aromatic N) is 1. The van der Waals surface area contributed by atoms with Gasteiger partial charge in [0, 0.05) is 13.7 Å². The summed E-state index contributed by atoms with van der Waals surface area (Å²) >= 11 is 0. The SMILES string of the molecule is CCN(CCOC)C(C)c1ccc(C(=O)O)o1. The molecule has 0 bridgehead atoms. The zero-order valence-electron chi connectivity index (χ0n) is 10.5. The van der Waals surface area contributed by atoms with Crippen molar-refractivity contribution in [3.8, 4) is 0 Å². The monoisotopic (exact) mass is 241 g/mol. The van der Waals surface area contributed by atoms with E-state index in [0.717, 1.165) is 13.1 Å². The third-order valence-corrected chi connectivity index (χ3v) is 2.79. The van der Waals surface area contributed by atoms with Gasteiger partial charge in [0.05, 0.1) is 12.6 Å². The van der Waals surface area contributed by atoms with Gasteiger partial charge >= 0.3 is 5.97 Å². The summed E-state index contributed by atoms with van der Waals surface area (Å²) in [6.07, 6.45) is 0. The van der Waals surface area contributed by atoms with Crippen molar-refractivity contribution in [2.24, 2.45) is 0 Å². The summed E-state index contributed by atoms with van der Waals surface area (Å²) in [4.78, 5) is 12.9. The van der Waals surface area contributed by atoms with Crippen LogP contribution in [0, 0.1) is 0 Å². The van der Waals surface area contributed by atoms with Crippen molar-refractivity contribution in [1.29, 1.82) is 0 Å². The van der Waals surface area contributed by atoms with Gasteiger partial charge in [-0.05, 0) is 25.6 Å². The zero-order chi connectivity index (χ0) is 12.8. The van der Waals surface area contributed by atoms with Gasteiger partial charge in [-0.1, -0.05) is 6.92 Å². The number of rotatable bonds is 7. The maximum atomic E-state index is 10.7. The van der Waals surface area contributed by atoms with Crippen molar-refractivity contribution >= 4 is 5.97 Å². The van der Waals surface area contributed by atoms with Gasteiger partial charge in [-0.25, -0.2) is 4.79 Å². The molecule has 1 N–H and O–H groups in total. The first kappa shape index (κ1) is 13.7. The molecule has 0 aromatic carbocycles. The van der Waals surface area contributed by atoms with E-state index in [4.69, 9.17) is 14.3 Å². The molecular weight excluding hydrogens is 222 g/mol. The quantitative estimate of drug-likeness (QED) is 0.791. The minimum absolute atomic E-state index is 0.0188. The van der Waals surface area contributed by atoms with Gasteiger partial charge in [-0.3, -0.25) is 4.90 Å². The van der Waals surface area contributed by atoms with Gasteiger partial charge in [0.1, 0.15) is 5.76 Å². The number of carboxylic acids is 1. The van der Waals surface area contributed by atoms with Crippen LogP contribution >= 0.6 is 0 Å². The number of aromatic carboxylic acids is 1. The Morgan fingerprint density at radius 3 is 2.76 bits per heavy atom. The maximum Gasteiger partial charge on any atom is 0.371 e. The van der Waals surface area contributed by atoms with E-state index in [1.54, 1.807) is 13.2 Å². The highest BCUT2D eigenvalue weighted by atomic mass is 16.5. The highest BCUT2D eigenvalue weighted by Gasteiger charge is 2.19. The highest BCUT2D eigenvalue weighted by molar-refractivity contribution is 5.84. The first-order chi connectivity index (χ1) is 8.10. The standard InChI is InChI=1S/C12H19NO4/c1-4-13(7-8-16-3)9(2)10-5-6-11(17-10)12(14)15/h5-6,9H,4,7-8H2,1-3H3,(H,14,15). The van der Waals surface area contributed by atoms with Crippen LogP contribution in [0.2, 0.25) is 0 Å². The molecule has 17 heavy (non-hydrogen) atoms. The third kappa shape index (κ3) is 3.57. The van der Waals surface area contributed by atoms with Crippen LogP contribution in [0.25, 0.3) is 0 Å². The van der Waals surface area contributed by atoms with Crippen LogP contribution in [0.1, 0.15) is 36.2 Å². The van der Waals surface area contributed by atoms with Crippen LogP contribution < -0.4 is 0 Å². The first-order valence-corrected chi connectivity index (χ1v) is 5.66. The molecule has 1 rings (SSSR count). The van der Waals surface area contributed by atoms with Gasteiger partial charge in [-0.15, -0.1) is 0 Å². The lowest BCUT2D eigenvalue weighted by Crippen LogP contribution is -2.29. The molecule has 96 valence electrons. The predicted molar refractivity (Wildman–Crippen MR) is 63.2 cm³/mol. The molecule has 0 saturated heterocycles. The fourth-order valence-corrected chi connectivity index (χ4v) is 1.71. The van der Waals surface area contributed by atoms with E-state index in [2.05, 4.69) is 4.90 Å². The summed E-state index contributed by atoms with van der Waals surface area (Å²) in [6, 6.07) is 3.24. The summed E-state index contributed by atoms with van der Waals surface area (Å²) in [6.45, 7) is 6.33. The van der Waals surface area contributed by atoms with Gasteiger partial charge in [0.15, 0.2) is 0 Å². The number of carboxylic acid groups (broad SMARTS) is 1. The van der Waals surface area contributed by atoms with Crippen molar-refractivity contribution in [2.45, 2.75) is 19.9 Å². The van der Waals surface area contributed by atoms with Crippen LogP contribution in [-0.2, 0) is 4.74 Å². The van der Waals surface area contributed by atoms with E-state index >= 15 is 0 Å². The Morgan fingerprint density at radius 2 is 2.29 bits per heavy atom. The molecule has 0 aliphatic carbocycles. The Kier molecular flexibility index (Phi) is 5.18. The van der Waals surface area contributed by atoms with Crippen LogP contribution in [0.5, 0.6) is 0 Å². The summed E-state index contributed by atoms with van der Waals surface area (Å²) in [7, 11) is 1.66. The molecule has 0 aliphatic rings. The smallest absolute Gasteiger partial charge is 0.371 e. The summed E-state index contributed by atoms with van der Waals surface area (Å²) in [5.41, 5.74) is 0. The number of hydrogen-bond acceptors (Lipinski definition) is 4. The predicted octanol–water partition coefficient (Wildman–Crippen LogP) is 2.01. The Bertz CT molecular complexity index is 361. The number of methoxy groups -OCH3 is 1. The van der Waals surface area contributed by atoms with E-state index in [-0.39, 0.29) is 11.8 Å². The van der Waals surface area contributed by atoms with Crippen LogP contribution in [0.15, 0.2) is 16.5 Å². The Morgan fingerprint density at radius 1 is 1.59 bits per heavy atom. The first-order valence-electron chi connectivity index (χ1n) is 5.66. The van der Waals surface area contributed by atoms with Gasteiger partial charge < -0.3 is 14.3 Å². The number of carbonyl (C=O) groups is 1. The van der Waals surface area contributed by atoms with E-state index in [0.29, 0.717) is 12.4 Å². The number of likely N-dealkylation sites (N-methyl/N-ethyl adjacent to an activating group) is 1. The van der Waals surface area contributed by atoms with E-state index in [9.17, 15) is 4.79 Å². The fourth-order valence-electron chi connectivity index (χ4n) is 1.71. The Balaban J connectivity index is 2.71. The van der Waals surface area contributed by atoms with Crippen molar-refractivity contribution < 1.29 is 19.1 Å². The van der Waals surface area contributed by atoms with Gasteiger partial charge in [0.2, 0.25) is 5.76 Å². The minimum atomic E-state index is -1.04. The summed E-state index contributed by atoms with van der Waals surface area (Å²) in [5, 5.41) is 8.79. The topological polar surface area (TPSA) is 62.9 Å².